The minimum Gasteiger partial charge on any atom is -0.397 e. The van der Waals surface area contributed by atoms with Gasteiger partial charge < -0.3 is 15.2 Å². The molecule has 7 nitrogen and oxygen atoms in total. The van der Waals surface area contributed by atoms with Crippen LogP contribution >= 0.6 is 0 Å². The number of pyridine rings is 1. The lowest BCUT2D eigenvalue weighted by Crippen LogP contribution is -2.46. The van der Waals surface area contributed by atoms with Gasteiger partial charge in [0.25, 0.3) is 5.89 Å². The lowest BCUT2D eigenvalue weighted by Gasteiger charge is -2.35. The maximum Gasteiger partial charge on any atom is 0.257 e. The molecule has 4 rings (SSSR count). The van der Waals surface area contributed by atoms with Gasteiger partial charge in [0.15, 0.2) is 5.82 Å². The molecule has 0 spiro atoms. The van der Waals surface area contributed by atoms with Gasteiger partial charge in [-0.25, -0.2) is 4.98 Å². The number of rotatable bonds is 4. The third-order valence-electron chi connectivity index (χ3n) is 4.57. The third kappa shape index (κ3) is 3.67. The number of nitrogens with two attached hydrogens (primary N) is 1. The standard InChI is InChI=1S/C19H22N6O/c1-14-22-19(26-23-14)16-4-2-3-15(11-16)13-24-7-9-25(10-8-24)18-6-5-17(20)12-21-18/h2-6,11-12H,7-10,13,20H2,1H3. The van der Waals surface area contributed by atoms with Crippen LogP contribution in [0.1, 0.15) is 11.4 Å². The van der Waals surface area contributed by atoms with Gasteiger partial charge in [-0.15, -0.1) is 0 Å². The van der Waals surface area contributed by atoms with Gasteiger partial charge in [-0.1, -0.05) is 17.3 Å². The van der Waals surface area contributed by atoms with Gasteiger partial charge in [0.1, 0.15) is 5.82 Å². The SMILES string of the molecule is Cc1noc(-c2cccc(CN3CCN(c4ccc(N)cn4)CC3)c2)n1. The molecule has 0 atom stereocenters. The summed E-state index contributed by atoms with van der Waals surface area (Å²) in [7, 11) is 0. The molecule has 1 aliphatic heterocycles. The highest BCUT2D eigenvalue weighted by Gasteiger charge is 2.18. The molecule has 1 fully saturated rings. The Labute approximate surface area is 152 Å². The summed E-state index contributed by atoms with van der Waals surface area (Å²) in [6, 6.07) is 12.2. The first-order chi connectivity index (χ1) is 12.7. The van der Waals surface area contributed by atoms with Crippen LogP contribution < -0.4 is 10.6 Å². The van der Waals surface area contributed by atoms with Crippen molar-refractivity contribution in [3.05, 3.63) is 54.0 Å². The van der Waals surface area contributed by atoms with E-state index < -0.39 is 0 Å². The van der Waals surface area contributed by atoms with Crippen molar-refractivity contribution in [2.24, 2.45) is 0 Å². The Morgan fingerprint density at radius 2 is 1.96 bits per heavy atom. The van der Waals surface area contributed by atoms with E-state index in [4.69, 9.17) is 10.3 Å². The molecule has 0 bridgehead atoms. The molecule has 134 valence electrons. The summed E-state index contributed by atoms with van der Waals surface area (Å²) in [5, 5.41) is 3.87. The number of benzene rings is 1. The summed E-state index contributed by atoms with van der Waals surface area (Å²) in [6.07, 6.45) is 1.71. The van der Waals surface area contributed by atoms with Crippen LogP contribution in [-0.2, 0) is 6.54 Å². The van der Waals surface area contributed by atoms with Crippen molar-refractivity contribution in [2.75, 3.05) is 36.8 Å². The van der Waals surface area contributed by atoms with Crippen molar-refractivity contribution < 1.29 is 4.52 Å². The summed E-state index contributed by atoms with van der Waals surface area (Å²) >= 11 is 0. The molecule has 2 aromatic heterocycles. The molecule has 1 saturated heterocycles. The Bertz CT molecular complexity index is 868. The molecular formula is C19H22N6O. The van der Waals surface area contributed by atoms with Gasteiger partial charge in [-0.05, 0) is 36.8 Å². The van der Waals surface area contributed by atoms with E-state index in [9.17, 15) is 0 Å². The van der Waals surface area contributed by atoms with Crippen molar-refractivity contribution in [1.82, 2.24) is 20.0 Å². The number of nitrogens with zero attached hydrogens (tertiary/aromatic N) is 5. The summed E-state index contributed by atoms with van der Waals surface area (Å²) in [5.41, 5.74) is 8.63. The number of nitrogen functional groups attached to an aromatic ring is 1. The van der Waals surface area contributed by atoms with Crippen LogP contribution in [0, 0.1) is 6.92 Å². The second-order valence-electron chi connectivity index (χ2n) is 6.56. The predicted molar refractivity (Wildman–Crippen MR) is 101 cm³/mol. The zero-order valence-corrected chi connectivity index (χ0v) is 14.8. The summed E-state index contributed by atoms with van der Waals surface area (Å²) in [5.74, 6) is 2.22. The lowest BCUT2D eigenvalue weighted by molar-refractivity contribution is 0.249. The summed E-state index contributed by atoms with van der Waals surface area (Å²) in [4.78, 5) is 13.5. The van der Waals surface area contributed by atoms with Gasteiger partial charge in [-0.3, -0.25) is 4.90 Å². The van der Waals surface area contributed by atoms with Crippen LogP contribution in [0.15, 0.2) is 47.1 Å². The van der Waals surface area contributed by atoms with Crippen molar-refractivity contribution in [3.63, 3.8) is 0 Å². The molecule has 26 heavy (non-hydrogen) atoms. The third-order valence-corrected chi connectivity index (χ3v) is 4.57. The van der Waals surface area contributed by atoms with Crippen LogP contribution in [-0.4, -0.2) is 46.2 Å². The van der Waals surface area contributed by atoms with E-state index in [2.05, 4.69) is 37.1 Å². The second-order valence-corrected chi connectivity index (χ2v) is 6.56. The molecule has 7 heteroatoms. The van der Waals surface area contributed by atoms with Gasteiger partial charge in [-0.2, -0.15) is 4.98 Å². The number of anilines is 2. The number of hydrogen-bond acceptors (Lipinski definition) is 7. The molecule has 3 heterocycles. The molecule has 0 radical (unpaired) electrons. The number of hydrogen-bond donors (Lipinski definition) is 1. The number of aryl methyl sites for hydroxylation is 1. The molecule has 0 saturated carbocycles. The van der Waals surface area contributed by atoms with E-state index in [-0.39, 0.29) is 0 Å². The first kappa shape index (κ1) is 16.5. The van der Waals surface area contributed by atoms with Crippen molar-refractivity contribution in [1.29, 1.82) is 0 Å². The van der Waals surface area contributed by atoms with E-state index in [1.165, 1.54) is 5.56 Å². The Kier molecular flexibility index (Phi) is 4.53. The summed E-state index contributed by atoms with van der Waals surface area (Å²) < 4.78 is 5.27. The van der Waals surface area contributed by atoms with Crippen molar-refractivity contribution in [3.8, 4) is 11.5 Å². The highest BCUT2D eigenvalue weighted by atomic mass is 16.5. The second kappa shape index (κ2) is 7.13. The van der Waals surface area contributed by atoms with Crippen LogP contribution in [0.2, 0.25) is 0 Å². The molecule has 0 aliphatic carbocycles. The Balaban J connectivity index is 1.38. The van der Waals surface area contributed by atoms with Crippen LogP contribution in [0.25, 0.3) is 11.5 Å². The minimum absolute atomic E-state index is 0.573. The molecule has 0 amide bonds. The van der Waals surface area contributed by atoms with Gasteiger partial charge in [0.2, 0.25) is 0 Å². The number of aromatic nitrogens is 3. The smallest absolute Gasteiger partial charge is 0.257 e. The average Bonchev–Trinajstić information content (AvgIpc) is 3.10. The van der Waals surface area contributed by atoms with E-state index in [0.717, 1.165) is 44.1 Å². The molecule has 1 aliphatic rings. The maximum absolute atomic E-state index is 5.72. The Morgan fingerprint density at radius 3 is 2.65 bits per heavy atom. The predicted octanol–water partition coefficient (Wildman–Crippen LogP) is 2.34. The molecule has 3 aromatic rings. The molecule has 1 aromatic carbocycles. The fraction of sp³-hybridized carbons (Fsp3) is 0.316. The molecular weight excluding hydrogens is 328 g/mol. The highest BCUT2D eigenvalue weighted by Crippen LogP contribution is 2.20. The van der Waals surface area contributed by atoms with Crippen molar-refractivity contribution in [2.45, 2.75) is 13.5 Å². The molecule has 2 N–H and O–H groups in total. The van der Waals surface area contributed by atoms with E-state index >= 15 is 0 Å². The van der Waals surface area contributed by atoms with E-state index in [1.54, 1.807) is 6.20 Å². The first-order valence-electron chi connectivity index (χ1n) is 8.76. The molecule has 0 unspecified atom stereocenters. The lowest BCUT2D eigenvalue weighted by atomic mass is 10.1. The van der Waals surface area contributed by atoms with Gasteiger partial charge >= 0.3 is 0 Å². The van der Waals surface area contributed by atoms with E-state index in [0.29, 0.717) is 17.4 Å². The quantitative estimate of drug-likeness (QED) is 0.773. The zero-order valence-electron chi connectivity index (χ0n) is 14.8. The fourth-order valence-electron chi connectivity index (χ4n) is 3.19. The topological polar surface area (TPSA) is 84.3 Å². The van der Waals surface area contributed by atoms with E-state index in [1.807, 2.05) is 31.2 Å². The van der Waals surface area contributed by atoms with Crippen LogP contribution in [0.3, 0.4) is 0 Å². The minimum atomic E-state index is 0.573. The van der Waals surface area contributed by atoms with Crippen LogP contribution in [0.5, 0.6) is 0 Å². The zero-order chi connectivity index (χ0) is 17.9. The van der Waals surface area contributed by atoms with Gasteiger partial charge in [0, 0.05) is 38.3 Å². The first-order valence-corrected chi connectivity index (χ1v) is 8.76. The fourth-order valence-corrected chi connectivity index (χ4v) is 3.19. The number of piperazine rings is 1. The van der Waals surface area contributed by atoms with Crippen LogP contribution in [0.4, 0.5) is 11.5 Å². The van der Waals surface area contributed by atoms with Gasteiger partial charge in [0.05, 0.1) is 11.9 Å². The average molecular weight is 350 g/mol. The van der Waals surface area contributed by atoms with Crippen molar-refractivity contribution >= 4 is 11.5 Å². The highest BCUT2D eigenvalue weighted by molar-refractivity contribution is 5.54. The Hall–Kier alpha value is -2.93. The monoisotopic (exact) mass is 350 g/mol. The Morgan fingerprint density at radius 1 is 1.12 bits per heavy atom. The summed E-state index contributed by atoms with van der Waals surface area (Å²) in [6.45, 7) is 6.64. The maximum atomic E-state index is 5.72. The largest absolute Gasteiger partial charge is 0.397 e. The normalized spacial score (nSPS) is 15.3.